The SMILES string of the molecule is Cc1ccc(S(=O)(=O)N[C@H](Cc2ccccc2)C(=O)NCc2cccc(-c3cccc([C@@H]4O[C@H](CSc5ccccn5)[C@H](C)[C@H](c5ccc(CO)cc5)O4)c3)c2)cc1. The Morgan fingerprint density at radius 1 is 0.776 bits per heavy atom. The molecule has 0 spiro atoms. The molecule has 5 atom stereocenters. The van der Waals surface area contributed by atoms with Gasteiger partial charge in [0.2, 0.25) is 15.9 Å². The summed E-state index contributed by atoms with van der Waals surface area (Å²) >= 11 is 1.65. The summed E-state index contributed by atoms with van der Waals surface area (Å²) in [5.41, 5.74) is 7.25. The van der Waals surface area contributed by atoms with Crippen molar-refractivity contribution in [1.29, 1.82) is 0 Å². The quantitative estimate of drug-likeness (QED) is 0.0884. The maximum Gasteiger partial charge on any atom is 0.241 e. The van der Waals surface area contributed by atoms with E-state index in [4.69, 9.17) is 9.47 Å². The highest BCUT2D eigenvalue weighted by molar-refractivity contribution is 7.99. The minimum atomic E-state index is -3.97. The van der Waals surface area contributed by atoms with E-state index in [0.29, 0.717) is 5.75 Å². The van der Waals surface area contributed by atoms with Crippen molar-refractivity contribution in [3.63, 3.8) is 0 Å². The molecule has 1 amide bonds. The number of aliphatic hydroxyl groups is 1. The third-order valence-electron chi connectivity index (χ3n) is 10.3. The van der Waals surface area contributed by atoms with Crippen molar-refractivity contribution in [2.24, 2.45) is 5.92 Å². The monoisotopic (exact) mass is 813 g/mol. The zero-order valence-electron chi connectivity index (χ0n) is 32.4. The molecule has 0 bridgehead atoms. The third kappa shape index (κ3) is 10.5. The van der Waals surface area contributed by atoms with Gasteiger partial charge in [0.15, 0.2) is 6.29 Å². The first-order chi connectivity index (χ1) is 28.1. The Hall–Kier alpha value is -5.14. The number of sulfonamides is 1. The number of hydrogen-bond donors (Lipinski definition) is 3. The summed E-state index contributed by atoms with van der Waals surface area (Å²) in [7, 11) is -3.97. The van der Waals surface area contributed by atoms with Crippen LogP contribution in [0, 0.1) is 12.8 Å². The molecule has 1 fully saturated rings. The molecule has 0 radical (unpaired) electrons. The number of nitrogens with zero attached hydrogens (tertiary/aromatic N) is 1. The predicted molar refractivity (Wildman–Crippen MR) is 227 cm³/mol. The van der Waals surface area contributed by atoms with Gasteiger partial charge in [-0.3, -0.25) is 4.79 Å². The number of rotatable bonds is 15. The average Bonchev–Trinajstić information content (AvgIpc) is 3.26. The lowest BCUT2D eigenvalue weighted by Crippen LogP contribution is -2.47. The second kappa shape index (κ2) is 19.1. The first kappa shape index (κ1) is 41.0. The van der Waals surface area contributed by atoms with Crippen LogP contribution >= 0.6 is 11.8 Å². The van der Waals surface area contributed by atoms with Gasteiger partial charge in [0.1, 0.15) is 6.04 Å². The molecule has 2 heterocycles. The fourth-order valence-electron chi connectivity index (χ4n) is 6.96. The first-order valence-electron chi connectivity index (χ1n) is 19.3. The van der Waals surface area contributed by atoms with Crippen molar-refractivity contribution in [1.82, 2.24) is 15.0 Å². The van der Waals surface area contributed by atoms with Gasteiger partial charge >= 0.3 is 0 Å². The van der Waals surface area contributed by atoms with E-state index < -0.39 is 28.3 Å². The Labute approximate surface area is 344 Å². The first-order valence-corrected chi connectivity index (χ1v) is 21.8. The molecule has 1 aromatic heterocycles. The van der Waals surface area contributed by atoms with E-state index in [1.165, 1.54) is 0 Å². The summed E-state index contributed by atoms with van der Waals surface area (Å²) < 4.78 is 42.9. The number of benzene rings is 5. The van der Waals surface area contributed by atoms with E-state index in [2.05, 4.69) is 28.0 Å². The second-order valence-electron chi connectivity index (χ2n) is 14.5. The van der Waals surface area contributed by atoms with E-state index >= 15 is 0 Å². The molecule has 3 N–H and O–H groups in total. The third-order valence-corrected chi connectivity index (χ3v) is 12.8. The minimum Gasteiger partial charge on any atom is -0.392 e. The van der Waals surface area contributed by atoms with Gasteiger partial charge in [-0.2, -0.15) is 4.72 Å². The fourth-order valence-corrected chi connectivity index (χ4v) is 9.18. The van der Waals surface area contributed by atoms with Gasteiger partial charge in [0, 0.05) is 30.0 Å². The number of pyridine rings is 1. The summed E-state index contributed by atoms with van der Waals surface area (Å²) in [6.07, 6.45) is 0.950. The number of thioether (sulfide) groups is 1. The topological polar surface area (TPSA) is 127 Å². The van der Waals surface area contributed by atoms with Crippen molar-refractivity contribution in [2.75, 3.05) is 5.75 Å². The molecule has 7 rings (SSSR count). The molecule has 1 aliphatic rings. The van der Waals surface area contributed by atoms with E-state index in [1.54, 1.807) is 42.2 Å². The average molecular weight is 814 g/mol. The smallest absolute Gasteiger partial charge is 0.241 e. The molecule has 1 saturated heterocycles. The standard InChI is InChI=1S/C47H47N3O6S2/c1-32-17-23-41(24-18-32)58(53,54)50-42(27-34-10-4-3-5-11-34)46(52)49-29-36-12-8-13-38(26-36)39-14-9-15-40(28-39)47-55-43(31-57-44-16-6-7-25-48-44)33(2)45(56-47)37-21-19-35(30-51)20-22-37/h3-26,28,33,42-43,45,47,50-51H,27,29-31H2,1-2H3,(H,49,52)/t33-,42+,43+,45+,47+/m0/s1. The Kier molecular flexibility index (Phi) is 13.5. The number of carbonyl (C=O) groups is 1. The van der Waals surface area contributed by atoms with Crippen LogP contribution in [0.3, 0.4) is 0 Å². The van der Waals surface area contributed by atoms with Crippen molar-refractivity contribution in [3.8, 4) is 11.1 Å². The summed E-state index contributed by atoms with van der Waals surface area (Å²) in [5.74, 6) is 0.299. The Morgan fingerprint density at radius 3 is 2.21 bits per heavy atom. The van der Waals surface area contributed by atoms with Crippen LogP contribution in [0.15, 0.2) is 162 Å². The maximum absolute atomic E-state index is 13.7. The molecule has 298 valence electrons. The molecular formula is C47H47N3O6S2. The van der Waals surface area contributed by atoms with E-state index in [-0.39, 0.29) is 42.6 Å². The number of amides is 1. The van der Waals surface area contributed by atoms with E-state index in [0.717, 1.165) is 49.5 Å². The molecule has 0 aliphatic carbocycles. The molecule has 0 saturated carbocycles. The van der Waals surface area contributed by atoms with Crippen LogP contribution in [0.4, 0.5) is 0 Å². The normalized spacial score (nSPS) is 18.7. The Balaban J connectivity index is 1.08. The molecule has 9 nitrogen and oxygen atoms in total. The van der Waals surface area contributed by atoms with Crippen LogP contribution in [0.25, 0.3) is 11.1 Å². The molecular weight excluding hydrogens is 767 g/mol. The Morgan fingerprint density at radius 2 is 1.48 bits per heavy atom. The summed E-state index contributed by atoms with van der Waals surface area (Å²) in [5, 5.41) is 13.6. The highest BCUT2D eigenvalue weighted by atomic mass is 32.2. The van der Waals surface area contributed by atoms with Crippen LogP contribution in [0.5, 0.6) is 0 Å². The molecule has 1 aliphatic heterocycles. The van der Waals surface area contributed by atoms with Crippen molar-refractivity contribution >= 4 is 27.7 Å². The number of carbonyl (C=O) groups excluding carboxylic acids is 1. The lowest BCUT2D eigenvalue weighted by molar-refractivity contribution is -0.268. The van der Waals surface area contributed by atoms with Gasteiger partial charge < -0.3 is 19.9 Å². The number of aryl methyl sites for hydroxylation is 1. The Bertz CT molecular complexity index is 2380. The van der Waals surface area contributed by atoms with Crippen LogP contribution in [0.2, 0.25) is 0 Å². The van der Waals surface area contributed by atoms with E-state index in [1.807, 2.05) is 122 Å². The molecule has 11 heteroatoms. The van der Waals surface area contributed by atoms with Crippen molar-refractivity contribution in [2.45, 2.75) is 67.9 Å². The lowest BCUT2D eigenvalue weighted by atomic mass is 9.91. The minimum absolute atomic E-state index is 0.0261. The number of nitrogens with one attached hydrogen (secondary N) is 2. The fraction of sp³-hybridized carbons (Fsp3) is 0.234. The van der Waals surface area contributed by atoms with Crippen LogP contribution in [-0.2, 0) is 43.9 Å². The number of aliphatic hydroxyl groups excluding tert-OH is 1. The van der Waals surface area contributed by atoms with Crippen molar-refractivity contribution < 1.29 is 27.8 Å². The maximum atomic E-state index is 13.7. The second-order valence-corrected chi connectivity index (χ2v) is 17.3. The van der Waals surface area contributed by atoms with Gasteiger partial charge in [-0.15, -0.1) is 11.8 Å². The molecule has 6 aromatic rings. The highest BCUT2D eigenvalue weighted by Gasteiger charge is 2.38. The van der Waals surface area contributed by atoms with E-state index in [9.17, 15) is 18.3 Å². The van der Waals surface area contributed by atoms with Crippen LogP contribution in [0.1, 0.15) is 52.7 Å². The van der Waals surface area contributed by atoms with Gasteiger partial charge in [-0.05, 0) is 83.1 Å². The lowest BCUT2D eigenvalue weighted by Gasteiger charge is -2.41. The molecule has 58 heavy (non-hydrogen) atoms. The van der Waals surface area contributed by atoms with Gasteiger partial charge in [-0.1, -0.05) is 122 Å². The largest absolute Gasteiger partial charge is 0.392 e. The van der Waals surface area contributed by atoms with Crippen LogP contribution < -0.4 is 10.0 Å². The summed E-state index contributed by atoms with van der Waals surface area (Å²) in [6.45, 7) is 4.21. The van der Waals surface area contributed by atoms with Gasteiger partial charge in [-0.25, -0.2) is 13.4 Å². The number of aromatic nitrogens is 1. The summed E-state index contributed by atoms with van der Waals surface area (Å²) in [4.78, 5) is 18.3. The van der Waals surface area contributed by atoms with Crippen LogP contribution in [-0.4, -0.2) is 42.3 Å². The predicted octanol–water partition coefficient (Wildman–Crippen LogP) is 8.34. The van der Waals surface area contributed by atoms with Crippen molar-refractivity contribution in [3.05, 3.63) is 185 Å². The highest BCUT2D eigenvalue weighted by Crippen LogP contribution is 2.43. The number of hydrogen-bond acceptors (Lipinski definition) is 8. The molecule has 0 unspecified atom stereocenters. The van der Waals surface area contributed by atoms with Gasteiger partial charge in [0.05, 0.1) is 28.7 Å². The molecule has 5 aromatic carbocycles. The van der Waals surface area contributed by atoms with Gasteiger partial charge in [0.25, 0.3) is 0 Å². The zero-order chi connectivity index (χ0) is 40.5. The number of ether oxygens (including phenoxy) is 2. The zero-order valence-corrected chi connectivity index (χ0v) is 34.0. The summed E-state index contributed by atoms with van der Waals surface area (Å²) in [6, 6.07) is 44.6.